The molecule has 1 amide bonds. The molecule has 1 aromatic rings. The molecule has 1 N–H and O–H groups in total. The summed E-state index contributed by atoms with van der Waals surface area (Å²) in [5.74, 6) is -6.71. The standard InChI is InChI=1S/C16H18F3NO3/c17-13-6-4-12(5-7-13)16(18,19)15(23)20-9-1-2-11(10-20)3-8-14(21)22/h4-7,11H,1-3,8-10H2,(H,21,22). The number of benzene rings is 1. The molecule has 0 bridgehead atoms. The molecule has 1 aromatic carbocycles. The number of piperidine rings is 1. The molecule has 1 aliphatic heterocycles. The number of carboxylic acids is 1. The molecular formula is C16H18F3NO3. The van der Waals surface area contributed by atoms with Crippen molar-refractivity contribution in [2.45, 2.75) is 31.6 Å². The molecular weight excluding hydrogens is 311 g/mol. The first kappa shape index (κ1) is 17.3. The maximum atomic E-state index is 14.3. The van der Waals surface area contributed by atoms with Crippen LogP contribution in [0.5, 0.6) is 0 Å². The number of carbonyl (C=O) groups excluding carboxylic acids is 1. The molecule has 0 spiro atoms. The van der Waals surface area contributed by atoms with Crippen LogP contribution in [0.25, 0.3) is 0 Å². The predicted octanol–water partition coefficient (Wildman–Crippen LogP) is 3.02. The van der Waals surface area contributed by atoms with E-state index in [1.165, 1.54) is 0 Å². The number of hydrogen-bond acceptors (Lipinski definition) is 2. The van der Waals surface area contributed by atoms with Gasteiger partial charge >= 0.3 is 11.9 Å². The highest BCUT2D eigenvalue weighted by Crippen LogP contribution is 2.32. The van der Waals surface area contributed by atoms with Crippen LogP contribution >= 0.6 is 0 Å². The Morgan fingerprint density at radius 2 is 1.91 bits per heavy atom. The number of rotatable bonds is 5. The molecule has 4 nitrogen and oxygen atoms in total. The summed E-state index contributed by atoms with van der Waals surface area (Å²) < 4.78 is 41.4. The number of carbonyl (C=O) groups is 2. The van der Waals surface area contributed by atoms with E-state index in [-0.39, 0.29) is 25.4 Å². The van der Waals surface area contributed by atoms with Gasteiger partial charge in [0.05, 0.1) is 0 Å². The topological polar surface area (TPSA) is 57.6 Å². The van der Waals surface area contributed by atoms with Gasteiger partial charge in [-0.15, -0.1) is 0 Å². The van der Waals surface area contributed by atoms with Gasteiger partial charge in [-0.1, -0.05) is 0 Å². The second kappa shape index (κ2) is 7.02. The smallest absolute Gasteiger partial charge is 0.349 e. The highest BCUT2D eigenvalue weighted by molar-refractivity contribution is 5.85. The lowest BCUT2D eigenvalue weighted by Gasteiger charge is -2.34. The summed E-state index contributed by atoms with van der Waals surface area (Å²) in [5, 5.41) is 8.69. The molecule has 1 atom stereocenters. The van der Waals surface area contributed by atoms with Crippen LogP contribution in [0.1, 0.15) is 31.2 Å². The van der Waals surface area contributed by atoms with E-state index in [4.69, 9.17) is 5.11 Å². The monoisotopic (exact) mass is 329 g/mol. The number of halogens is 3. The first-order valence-corrected chi connectivity index (χ1v) is 7.45. The van der Waals surface area contributed by atoms with Crippen LogP contribution in [0.15, 0.2) is 24.3 Å². The molecule has 1 heterocycles. The molecule has 0 saturated carbocycles. The van der Waals surface area contributed by atoms with Crippen molar-refractivity contribution in [1.82, 2.24) is 4.90 Å². The Bertz CT molecular complexity index is 574. The number of likely N-dealkylation sites (tertiary alicyclic amines) is 1. The Morgan fingerprint density at radius 3 is 2.52 bits per heavy atom. The van der Waals surface area contributed by atoms with Crippen LogP contribution < -0.4 is 0 Å². The third-order valence-corrected chi connectivity index (χ3v) is 4.05. The van der Waals surface area contributed by atoms with Crippen LogP contribution in [0.3, 0.4) is 0 Å². The minimum atomic E-state index is -3.72. The minimum Gasteiger partial charge on any atom is -0.481 e. The lowest BCUT2D eigenvalue weighted by atomic mass is 9.92. The molecule has 1 aliphatic rings. The van der Waals surface area contributed by atoms with E-state index in [0.29, 0.717) is 12.8 Å². The second-order valence-electron chi connectivity index (χ2n) is 5.77. The van der Waals surface area contributed by atoms with E-state index in [2.05, 4.69) is 0 Å². The van der Waals surface area contributed by atoms with Gasteiger partial charge in [0.2, 0.25) is 0 Å². The van der Waals surface area contributed by atoms with Gasteiger partial charge in [0, 0.05) is 25.1 Å². The van der Waals surface area contributed by atoms with E-state index in [1.54, 1.807) is 0 Å². The molecule has 0 aliphatic carbocycles. The SMILES string of the molecule is O=C(O)CCC1CCCN(C(=O)C(F)(F)c2ccc(F)cc2)C1. The Labute approximate surface area is 131 Å². The van der Waals surface area contributed by atoms with Gasteiger partial charge < -0.3 is 10.0 Å². The van der Waals surface area contributed by atoms with Gasteiger partial charge in [0.25, 0.3) is 5.91 Å². The lowest BCUT2D eigenvalue weighted by Crippen LogP contribution is -2.46. The van der Waals surface area contributed by atoms with Gasteiger partial charge in [0.15, 0.2) is 0 Å². The van der Waals surface area contributed by atoms with E-state index in [0.717, 1.165) is 35.6 Å². The molecule has 126 valence electrons. The number of carboxylic acid groups (broad SMARTS) is 1. The maximum absolute atomic E-state index is 14.3. The minimum absolute atomic E-state index is 0.0406. The summed E-state index contributed by atoms with van der Waals surface area (Å²) in [4.78, 5) is 23.8. The summed E-state index contributed by atoms with van der Waals surface area (Å²) in [5.41, 5.74) is -0.545. The molecule has 1 saturated heterocycles. The zero-order valence-electron chi connectivity index (χ0n) is 12.5. The molecule has 0 aromatic heterocycles. The molecule has 23 heavy (non-hydrogen) atoms. The average molecular weight is 329 g/mol. The first-order chi connectivity index (χ1) is 10.8. The van der Waals surface area contributed by atoms with Crippen molar-refractivity contribution in [3.63, 3.8) is 0 Å². The van der Waals surface area contributed by atoms with E-state index in [9.17, 15) is 22.8 Å². The van der Waals surface area contributed by atoms with Gasteiger partial charge in [-0.3, -0.25) is 9.59 Å². The fourth-order valence-corrected chi connectivity index (χ4v) is 2.79. The Kier molecular flexibility index (Phi) is 5.28. The zero-order chi connectivity index (χ0) is 17.0. The summed E-state index contributed by atoms with van der Waals surface area (Å²) in [6, 6.07) is 3.59. The Morgan fingerprint density at radius 1 is 1.26 bits per heavy atom. The summed E-state index contributed by atoms with van der Waals surface area (Å²) in [6.45, 7) is 0.349. The summed E-state index contributed by atoms with van der Waals surface area (Å²) in [6.07, 6.45) is 1.61. The normalized spacial score (nSPS) is 18.7. The predicted molar refractivity (Wildman–Crippen MR) is 76.5 cm³/mol. The van der Waals surface area contributed by atoms with Crippen molar-refractivity contribution in [2.75, 3.05) is 13.1 Å². The third-order valence-electron chi connectivity index (χ3n) is 4.05. The number of nitrogens with zero attached hydrogens (tertiary/aromatic N) is 1. The summed E-state index contributed by atoms with van der Waals surface area (Å²) >= 11 is 0. The van der Waals surface area contributed by atoms with Crippen LogP contribution in [0, 0.1) is 11.7 Å². The number of alkyl halides is 2. The maximum Gasteiger partial charge on any atom is 0.349 e. The van der Waals surface area contributed by atoms with Crippen molar-refractivity contribution in [1.29, 1.82) is 0 Å². The third kappa shape index (κ3) is 4.24. The van der Waals surface area contributed by atoms with Crippen LogP contribution in [-0.2, 0) is 15.5 Å². The average Bonchev–Trinajstić information content (AvgIpc) is 2.53. The van der Waals surface area contributed by atoms with Crippen molar-refractivity contribution in [3.8, 4) is 0 Å². The lowest BCUT2D eigenvalue weighted by molar-refractivity contribution is -0.161. The molecule has 2 rings (SSSR count). The molecule has 1 unspecified atom stereocenters. The van der Waals surface area contributed by atoms with Crippen LogP contribution in [0.2, 0.25) is 0 Å². The number of hydrogen-bond donors (Lipinski definition) is 1. The van der Waals surface area contributed by atoms with Gasteiger partial charge in [-0.05, 0) is 49.4 Å². The van der Waals surface area contributed by atoms with Crippen LogP contribution in [-0.4, -0.2) is 35.0 Å². The van der Waals surface area contributed by atoms with E-state index < -0.39 is 29.2 Å². The van der Waals surface area contributed by atoms with Gasteiger partial charge in [-0.2, -0.15) is 8.78 Å². The molecule has 1 fully saturated rings. The largest absolute Gasteiger partial charge is 0.481 e. The quantitative estimate of drug-likeness (QED) is 0.903. The van der Waals surface area contributed by atoms with Gasteiger partial charge in [0.1, 0.15) is 5.82 Å². The fraction of sp³-hybridized carbons (Fsp3) is 0.500. The number of amides is 1. The van der Waals surface area contributed by atoms with Crippen LogP contribution in [0.4, 0.5) is 13.2 Å². The zero-order valence-corrected chi connectivity index (χ0v) is 12.5. The van der Waals surface area contributed by atoms with Gasteiger partial charge in [-0.25, -0.2) is 4.39 Å². The van der Waals surface area contributed by atoms with E-state index >= 15 is 0 Å². The summed E-state index contributed by atoms with van der Waals surface area (Å²) in [7, 11) is 0. The Hall–Kier alpha value is -2.05. The van der Waals surface area contributed by atoms with Crippen molar-refractivity contribution in [3.05, 3.63) is 35.6 Å². The Balaban J connectivity index is 2.05. The highest BCUT2D eigenvalue weighted by Gasteiger charge is 2.44. The molecule has 7 heteroatoms. The second-order valence-corrected chi connectivity index (χ2v) is 5.77. The van der Waals surface area contributed by atoms with E-state index in [1.807, 2.05) is 0 Å². The number of aliphatic carboxylic acids is 1. The van der Waals surface area contributed by atoms with Crippen molar-refractivity contribution in [2.24, 2.45) is 5.92 Å². The first-order valence-electron chi connectivity index (χ1n) is 7.45. The van der Waals surface area contributed by atoms with Crippen molar-refractivity contribution < 1.29 is 27.9 Å². The fourth-order valence-electron chi connectivity index (χ4n) is 2.79. The van der Waals surface area contributed by atoms with Crippen molar-refractivity contribution >= 4 is 11.9 Å². The highest BCUT2D eigenvalue weighted by atomic mass is 19.3. The molecule has 0 radical (unpaired) electrons.